The lowest BCUT2D eigenvalue weighted by atomic mass is 10.1. The standard InChI is InChI=1S/C20H20FN3O2S/c1-14-11-19(24(23-14)17-9-7-16(21)8-10-17)22-20(26)13-27-12-18(25)15-5-3-2-4-6-15/h2-11,18,25H,12-13H2,1H3,(H,22,26). The van der Waals surface area contributed by atoms with E-state index in [1.807, 2.05) is 37.3 Å². The third-order valence-electron chi connectivity index (χ3n) is 3.86. The molecule has 0 saturated heterocycles. The molecule has 1 heterocycles. The van der Waals surface area contributed by atoms with Crippen LogP contribution in [0.15, 0.2) is 60.7 Å². The first kappa shape index (κ1) is 19.1. The molecule has 3 rings (SSSR count). The second kappa shape index (κ2) is 8.83. The van der Waals surface area contributed by atoms with Crippen LogP contribution < -0.4 is 5.32 Å². The molecule has 0 spiro atoms. The van der Waals surface area contributed by atoms with E-state index in [-0.39, 0.29) is 17.5 Å². The minimum atomic E-state index is -0.615. The molecule has 0 bridgehead atoms. The largest absolute Gasteiger partial charge is 0.388 e. The number of hydrogen-bond acceptors (Lipinski definition) is 4. The summed E-state index contributed by atoms with van der Waals surface area (Å²) in [4.78, 5) is 12.3. The fourth-order valence-corrected chi connectivity index (χ4v) is 3.37. The van der Waals surface area contributed by atoms with E-state index in [4.69, 9.17) is 0 Å². The van der Waals surface area contributed by atoms with Crippen LogP contribution in [-0.2, 0) is 4.79 Å². The maximum Gasteiger partial charge on any atom is 0.235 e. The van der Waals surface area contributed by atoms with Gasteiger partial charge in [-0.25, -0.2) is 9.07 Å². The minimum absolute atomic E-state index is 0.191. The molecule has 3 aromatic rings. The third kappa shape index (κ3) is 5.18. The average Bonchev–Trinajstić information content (AvgIpc) is 3.03. The van der Waals surface area contributed by atoms with Crippen LogP contribution in [0.2, 0.25) is 0 Å². The topological polar surface area (TPSA) is 67.2 Å². The number of nitrogens with one attached hydrogen (secondary N) is 1. The fourth-order valence-electron chi connectivity index (χ4n) is 2.58. The van der Waals surface area contributed by atoms with Gasteiger partial charge >= 0.3 is 0 Å². The van der Waals surface area contributed by atoms with E-state index in [2.05, 4.69) is 10.4 Å². The summed E-state index contributed by atoms with van der Waals surface area (Å²) in [6, 6.07) is 17.0. The van der Waals surface area contributed by atoms with Gasteiger partial charge in [-0.05, 0) is 36.8 Å². The first-order valence-corrected chi connectivity index (χ1v) is 9.61. The number of amides is 1. The molecule has 1 atom stereocenters. The molecule has 5 nitrogen and oxygen atoms in total. The van der Waals surface area contributed by atoms with E-state index in [1.165, 1.54) is 23.9 Å². The highest BCUT2D eigenvalue weighted by molar-refractivity contribution is 7.99. The van der Waals surface area contributed by atoms with E-state index >= 15 is 0 Å². The SMILES string of the molecule is Cc1cc(NC(=O)CSCC(O)c2ccccc2)n(-c2ccc(F)cc2)n1. The van der Waals surface area contributed by atoms with Gasteiger partial charge in [0.15, 0.2) is 0 Å². The van der Waals surface area contributed by atoms with Crippen LogP contribution in [0.1, 0.15) is 17.4 Å². The van der Waals surface area contributed by atoms with Gasteiger partial charge in [-0.15, -0.1) is 11.8 Å². The number of carbonyl (C=O) groups is 1. The summed E-state index contributed by atoms with van der Waals surface area (Å²) in [5, 5.41) is 17.3. The van der Waals surface area contributed by atoms with Crippen molar-refractivity contribution in [3.63, 3.8) is 0 Å². The summed E-state index contributed by atoms with van der Waals surface area (Å²) in [7, 11) is 0. The van der Waals surface area contributed by atoms with Crippen molar-refractivity contribution in [1.29, 1.82) is 0 Å². The zero-order valence-electron chi connectivity index (χ0n) is 14.8. The molecule has 0 radical (unpaired) electrons. The minimum Gasteiger partial charge on any atom is -0.388 e. The van der Waals surface area contributed by atoms with Crippen molar-refractivity contribution in [2.75, 3.05) is 16.8 Å². The van der Waals surface area contributed by atoms with Gasteiger partial charge in [-0.3, -0.25) is 4.79 Å². The molecule has 27 heavy (non-hydrogen) atoms. The van der Waals surface area contributed by atoms with E-state index in [0.717, 1.165) is 11.3 Å². The monoisotopic (exact) mass is 385 g/mol. The molecule has 7 heteroatoms. The van der Waals surface area contributed by atoms with Crippen LogP contribution in [0, 0.1) is 12.7 Å². The molecule has 2 aromatic carbocycles. The summed E-state index contributed by atoms with van der Waals surface area (Å²) in [6.07, 6.45) is -0.615. The first-order valence-electron chi connectivity index (χ1n) is 8.46. The number of aromatic nitrogens is 2. The van der Waals surface area contributed by atoms with Gasteiger partial charge in [0.05, 0.1) is 23.2 Å². The number of carbonyl (C=O) groups excluding carboxylic acids is 1. The van der Waals surface area contributed by atoms with Crippen molar-refractivity contribution in [2.24, 2.45) is 0 Å². The molecule has 0 fully saturated rings. The summed E-state index contributed by atoms with van der Waals surface area (Å²) < 4.78 is 14.7. The van der Waals surface area contributed by atoms with Crippen LogP contribution in [0.25, 0.3) is 5.69 Å². The lowest BCUT2D eigenvalue weighted by Crippen LogP contribution is -2.17. The molecule has 1 amide bonds. The van der Waals surface area contributed by atoms with Gasteiger partial charge in [0.2, 0.25) is 5.91 Å². The van der Waals surface area contributed by atoms with Gasteiger partial charge in [0.1, 0.15) is 11.6 Å². The van der Waals surface area contributed by atoms with Crippen LogP contribution in [-0.4, -0.2) is 32.3 Å². The Kier molecular flexibility index (Phi) is 6.26. The number of aryl methyl sites for hydroxylation is 1. The highest BCUT2D eigenvalue weighted by Gasteiger charge is 2.13. The zero-order chi connectivity index (χ0) is 19.2. The van der Waals surface area contributed by atoms with Crippen LogP contribution in [0.3, 0.4) is 0 Å². The summed E-state index contributed by atoms with van der Waals surface area (Å²) >= 11 is 1.35. The summed E-state index contributed by atoms with van der Waals surface area (Å²) in [5.74, 6) is 0.629. The van der Waals surface area contributed by atoms with Gasteiger partial charge in [-0.2, -0.15) is 5.10 Å². The lowest BCUT2D eigenvalue weighted by Gasteiger charge is -2.11. The van der Waals surface area contributed by atoms with E-state index in [9.17, 15) is 14.3 Å². The first-order chi connectivity index (χ1) is 13.0. The van der Waals surface area contributed by atoms with E-state index in [1.54, 1.807) is 22.9 Å². The Morgan fingerprint density at radius 2 is 1.93 bits per heavy atom. The zero-order valence-corrected chi connectivity index (χ0v) is 15.6. The molecule has 0 saturated carbocycles. The average molecular weight is 385 g/mol. The van der Waals surface area contributed by atoms with Crippen molar-refractivity contribution < 1.29 is 14.3 Å². The van der Waals surface area contributed by atoms with Crippen LogP contribution in [0.4, 0.5) is 10.2 Å². The number of aliphatic hydroxyl groups is 1. The number of hydrogen-bond donors (Lipinski definition) is 2. The normalized spacial score (nSPS) is 12.0. The highest BCUT2D eigenvalue weighted by Crippen LogP contribution is 2.20. The van der Waals surface area contributed by atoms with Gasteiger partial charge in [0, 0.05) is 11.8 Å². The molecule has 0 aliphatic rings. The Labute approximate surface area is 161 Å². The van der Waals surface area contributed by atoms with Gasteiger partial charge in [-0.1, -0.05) is 30.3 Å². The van der Waals surface area contributed by atoms with E-state index < -0.39 is 6.10 Å². The molecule has 0 aliphatic carbocycles. The Hall–Kier alpha value is -2.64. The van der Waals surface area contributed by atoms with Crippen molar-refractivity contribution in [3.05, 3.63) is 77.7 Å². The predicted molar refractivity (Wildman–Crippen MR) is 106 cm³/mol. The summed E-state index contributed by atoms with van der Waals surface area (Å²) in [6.45, 7) is 1.82. The highest BCUT2D eigenvalue weighted by atomic mass is 32.2. The molecular weight excluding hydrogens is 365 g/mol. The molecule has 1 aromatic heterocycles. The number of benzene rings is 2. The molecule has 2 N–H and O–H groups in total. The van der Waals surface area contributed by atoms with Crippen LogP contribution in [0.5, 0.6) is 0 Å². The smallest absolute Gasteiger partial charge is 0.235 e. The van der Waals surface area contributed by atoms with Crippen molar-refractivity contribution in [3.8, 4) is 5.69 Å². The van der Waals surface area contributed by atoms with Crippen LogP contribution >= 0.6 is 11.8 Å². The third-order valence-corrected chi connectivity index (χ3v) is 4.88. The van der Waals surface area contributed by atoms with Gasteiger partial charge < -0.3 is 10.4 Å². The second-order valence-electron chi connectivity index (χ2n) is 6.05. The number of rotatable bonds is 7. The number of aliphatic hydroxyl groups excluding tert-OH is 1. The molecular formula is C20H20FN3O2S. The number of thioether (sulfide) groups is 1. The predicted octanol–water partition coefficient (Wildman–Crippen LogP) is 3.73. The Balaban J connectivity index is 1.57. The lowest BCUT2D eigenvalue weighted by molar-refractivity contribution is -0.113. The van der Waals surface area contributed by atoms with Crippen molar-refractivity contribution in [1.82, 2.24) is 9.78 Å². The second-order valence-corrected chi connectivity index (χ2v) is 7.08. The molecule has 0 aliphatic heterocycles. The number of anilines is 1. The van der Waals surface area contributed by atoms with E-state index in [0.29, 0.717) is 17.3 Å². The quantitative estimate of drug-likeness (QED) is 0.650. The Morgan fingerprint density at radius 3 is 2.63 bits per heavy atom. The molecule has 1 unspecified atom stereocenters. The number of halogens is 1. The summed E-state index contributed by atoms with van der Waals surface area (Å²) in [5.41, 5.74) is 2.23. The Bertz CT molecular complexity index is 897. The van der Waals surface area contributed by atoms with Gasteiger partial charge in [0.25, 0.3) is 0 Å². The fraction of sp³-hybridized carbons (Fsp3) is 0.200. The van der Waals surface area contributed by atoms with Crippen molar-refractivity contribution >= 4 is 23.5 Å². The maximum atomic E-state index is 13.1. The van der Waals surface area contributed by atoms with Crippen molar-refractivity contribution in [2.45, 2.75) is 13.0 Å². The molecule has 140 valence electrons. The number of nitrogens with zero attached hydrogens (tertiary/aromatic N) is 2. The maximum absolute atomic E-state index is 13.1. The Morgan fingerprint density at radius 1 is 1.22 bits per heavy atom.